The summed E-state index contributed by atoms with van der Waals surface area (Å²) in [6, 6.07) is 4.92. The van der Waals surface area contributed by atoms with Crippen molar-refractivity contribution in [1.82, 2.24) is 0 Å². The van der Waals surface area contributed by atoms with Gasteiger partial charge in [-0.25, -0.2) is 0 Å². The summed E-state index contributed by atoms with van der Waals surface area (Å²) < 4.78 is 5.53. The standard InChI is InChI=1S/C11H14BrN3O3/c1-6(18-2)11(16)14-9-4-3-7(5-8(9)12)10(13)15-17/h3-6,17H,1-2H3,(H2,13,15)(H,14,16). The molecule has 1 unspecified atom stereocenters. The second kappa shape index (κ2) is 6.36. The lowest BCUT2D eigenvalue weighted by Crippen LogP contribution is -2.26. The van der Waals surface area contributed by atoms with Crippen molar-refractivity contribution in [3.63, 3.8) is 0 Å². The maximum atomic E-state index is 11.6. The van der Waals surface area contributed by atoms with E-state index in [9.17, 15) is 4.79 Å². The summed E-state index contributed by atoms with van der Waals surface area (Å²) in [5.74, 6) is -0.256. The van der Waals surface area contributed by atoms with Gasteiger partial charge < -0.3 is 21.0 Å². The largest absolute Gasteiger partial charge is 0.409 e. The molecule has 4 N–H and O–H groups in total. The van der Waals surface area contributed by atoms with Gasteiger partial charge in [0.1, 0.15) is 6.10 Å². The lowest BCUT2D eigenvalue weighted by molar-refractivity contribution is -0.124. The Labute approximate surface area is 113 Å². The maximum Gasteiger partial charge on any atom is 0.253 e. The fraction of sp³-hybridized carbons (Fsp3) is 0.273. The molecular weight excluding hydrogens is 302 g/mol. The number of amidine groups is 1. The molecule has 0 saturated carbocycles. The Morgan fingerprint density at radius 3 is 2.78 bits per heavy atom. The van der Waals surface area contributed by atoms with Crippen molar-refractivity contribution >= 4 is 33.4 Å². The first-order valence-corrected chi connectivity index (χ1v) is 5.90. The number of hydrogen-bond acceptors (Lipinski definition) is 4. The summed E-state index contributed by atoms with van der Waals surface area (Å²) in [4.78, 5) is 11.6. The molecule has 1 aromatic rings. The minimum atomic E-state index is -0.541. The Balaban J connectivity index is 2.90. The van der Waals surface area contributed by atoms with Gasteiger partial charge in [-0.15, -0.1) is 0 Å². The normalized spacial score (nSPS) is 13.2. The van der Waals surface area contributed by atoms with Gasteiger partial charge >= 0.3 is 0 Å². The molecular formula is C11H14BrN3O3. The van der Waals surface area contributed by atoms with Crippen molar-refractivity contribution in [2.75, 3.05) is 12.4 Å². The zero-order valence-electron chi connectivity index (χ0n) is 9.98. The van der Waals surface area contributed by atoms with Gasteiger partial charge in [-0.05, 0) is 41.1 Å². The Morgan fingerprint density at radius 1 is 1.61 bits per heavy atom. The van der Waals surface area contributed by atoms with Crippen LogP contribution in [0, 0.1) is 0 Å². The van der Waals surface area contributed by atoms with E-state index in [1.807, 2.05) is 0 Å². The van der Waals surface area contributed by atoms with Crippen LogP contribution in [-0.4, -0.2) is 30.2 Å². The molecule has 0 radical (unpaired) electrons. The molecule has 0 fully saturated rings. The number of hydrogen-bond donors (Lipinski definition) is 3. The minimum absolute atomic E-state index is 0.00108. The molecule has 1 rings (SSSR count). The van der Waals surface area contributed by atoms with E-state index in [1.165, 1.54) is 7.11 Å². The Hall–Kier alpha value is -1.60. The number of carbonyl (C=O) groups excluding carboxylic acids is 1. The molecule has 0 aliphatic heterocycles. The van der Waals surface area contributed by atoms with E-state index in [-0.39, 0.29) is 11.7 Å². The van der Waals surface area contributed by atoms with E-state index in [1.54, 1.807) is 25.1 Å². The van der Waals surface area contributed by atoms with Gasteiger partial charge in [-0.1, -0.05) is 5.16 Å². The van der Waals surface area contributed by atoms with Gasteiger partial charge in [0.2, 0.25) is 0 Å². The van der Waals surface area contributed by atoms with Crippen LogP contribution < -0.4 is 11.1 Å². The first-order valence-electron chi connectivity index (χ1n) is 5.10. The van der Waals surface area contributed by atoms with Crippen LogP contribution in [0.3, 0.4) is 0 Å². The molecule has 1 amide bonds. The summed E-state index contributed by atoms with van der Waals surface area (Å²) in [7, 11) is 1.46. The minimum Gasteiger partial charge on any atom is -0.409 e. The van der Waals surface area contributed by atoms with E-state index in [0.717, 1.165) is 0 Å². The van der Waals surface area contributed by atoms with E-state index in [2.05, 4.69) is 26.4 Å². The highest BCUT2D eigenvalue weighted by Gasteiger charge is 2.13. The molecule has 0 aliphatic rings. The van der Waals surface area contributed by atoms with Crippen LogP contribution >= 0.6 is 15.9 Å². The number of nitrogens with one attached hydrogen (secondary N) is 1. The average molecular weight is 316 g/mol. The number of rotatable bonds is 4. The summed E-state index contributed by atoms with van der Waals surface area (Å²) in [5, 5.41) is 14.1. The third-order valence-electron chi connectivity index (χ3n) is 2.35. The predicted octanol–water partition coefficient (Wildman–Crippen LogP) is 1.52. The van der Waals surface area contributed by atoms with Crippen LogP contribution in [0.2, 0.25) is 0 Å². The smallest absolute Gasteiger partial charge is 0.253 e. The maximum absolute atomic E-state index is 11.6. The highest BCUT2D eigenvalue weighted by Crippen LogP contribution is 2.23. The summed E-state index contributed by atoms with van der Waals surface area (Å²) in [6.07, 6.45) is -0.541. The number of halogens is 1. The molecule has 0 heterocycles. The lowest BCUT2D eigenvalue weighted by atomic mass is 10.2. The van der Waals surface area contributed by atoms with Crippen LogP contribution in [0.1, 0.15) is 12.5 Å². The molecule has 0 aromatic heterocycles. The molecule has 0 bridgehead atoms. The first-order chi connectivity index (χ1) is 8.49. The van der Waals surface area contributed by atoms with E-state index < -0.39 is 6.10 Å². The van der Waals surface area contributed by atoms with Crippen LogP contribution in [0.5, 0.6) is 0 Å². The van der Waals surface area contributed by atoms with Crippen molar-refractivity contribution in [1.29, 1.82) is 0 Å². The summed E-state index contributed by atoms with van der Waals surface area (Å²) in [6.45, 7) is 1.65. The number of carbonyl (C=O) groups is 1. The molecule has 1 aromatic carbocycles. The molecule has 98 valence electrons. The van der Waals surface area contributed by atoms with Crippen LogP contribution in [0.4, 0.5) is 5.69 Å². The summed E-state index contributed by atoms with van der Waals surface area (Å²) >= 11 is 3.30. The Bertz CT molecular complexity index is 477. The SMILES string of the molecule is COC(C)C(=O)Nc1ccc(/C(N)=N/O)cc1Br. The molecule has 1 atom stereocenters. The van der Waals surface area contributed by atoms with E-state index >= 15 is 0 Å². The number of nitrogens with zero attached hydrogens (tertiary/aromatic N) is 1. The fourth-order valence-corrected chi connectivity index (χ4v) is 1.65. The Kier molecular flexibility index (Phi) is 5.11. The molecule has 0 spiro atoms. The van der Waals surface area contributed by atoms with Crippen molar-refractivity contribution in [3.05, 3.63) is 28.2 Å². The molecule has 6 nitrogen and oxygen atoms in total. The third kappa shape index (κ3) is 3.44. The number of methoxy groups -OCH3 is 1. The fourth-order valence-electron chi connectivity index (χ4n) is 1.17. The number of amides is 1. The monoisotopic (exact) mass is 315 g/mol. The first kappa shape index (κ1) is 14.5. The van der Waals surface area contributed by atoms with Crippen LogP contribution in [0.15, 0.2) is 27.8 Å². The molecule has 7 heteroatoms. The zero-order chi connectivity index (χ0) is 13.7. The van der Waals surface area contributed by atoms with Crippen molar-refractivity contribution in [2.24, 2.45) is 10.9 Å². The van der Waals surface area contributed by atoms with Crippen molar-refractivity contribution in [3.8, 4) is 0 Å². The predicted molar refractivity (Wildman–Crippen MR) is 71.8 cm³/mol. The average Bonchev–Trinajstić information content (AvgIpc) is 2.38. The number of oxime groups is 1. The number of ether oxygens (including phenoxy) is 1. The second-order valence-corrected chi connectivity index (χ2v) is 4.40. The lowest BCUT2D eigenvalue weighted by Gasteiger charge is -2.12. The Morgan fingerprint density at radius 2 is 2.28 bits per heavy atom. The second-order valence-electron chi connectivity index (χ2n) is 3.55. The highest BCUT2D eigenvalue weighted by molar-refractivity contribution is 9.10. The van der Waals surface area contributed by atoms with Gasteiger partial charge in [0.25, 0.3) is 5.91 Å². The van der Waals surface area contributed by atoms with Gasteiger partial charge in [0, 0.05) is 17.1 Å². The van der Waals surface area contributed by atoms with Gasteiger partial charge in [-0.2, -0.15) is 0 Å². The van der Waals surface area contributed by atoms with Crippen molar-refractivity contribution in [2.45, 2.75) is 13.0 Å². The van der Waals surface area contributed by atoms with Crippen LogP contribution in [-0.2, 0) is 9.53 Å². The zero-order valence-corrected chi connectivity index (χ0v) is 11.6. The number of nitrogens with two attached hydrogens (primary N) is 1. The van der Waals surface area contributed by atoms with Crippen LogP contribution in [0.25, 0.3) is 0 Å². The molecule has 18 heavy (non-hydrogen) atoms. The molecule has 0 aliphatic carbocycles. The number of anilines is 1. The van der Waals surface area contributed by atoms with Gasteiger partial charge in [0.05, 0.1) is 5.69 Å². The van der Waals surface area contributed by atoms with E-state index in [4.69, 9.17) is 15.7 Å². The summed E-state index contributed by atoms with van der Waals surface area (Å²) in [5.41, 5.74) is 6.58. The third-order valence-corrected chi connectivity index (χ3v) is 3.01. The van der Waals surface area contributed by atoms with E-state index in [0.29, 0.717) is 15.7 Å². The quantitative estimate of drug-likeness (QED) is 0.339. The number of benzene rings is 1. The highest BCUT2D eigenvalue weighted by atomic mass is 79.9. The van der Waals surface area contributed by atoms with Gasteiger partial charge in [-0.3, -0.25) is 4.79 Å². The van der Waals surface area contributed by atoms with Crippen molar-refractivity contribution < 1.29 is 14.7 Å². The van der Waals surface area contributed by atoms with Gasteiger partial charge in [0.15, 0.2) is 5.84 Å². The molecule has 0 saturated heterocycles. The topological polar surface area (TPSA) is 96.9 Å².